The average molecular weight is 325 g/mol. The highest BCUT2D eigenvalue weighted by atomic mass is 16.1. The van der Waals surface area contributed by atoms with Crippen molar-refractivity contribution in [2.45, 2.75) is 39.8 Å². The van der Waals surface area contributed by atoms with Gasteiger partial charge in [-0.1, -0.05) is 30.3 Å². The van der Waals surface area contributed by atoms with Gasteiger partial charge in [-0.2, -0.15) is 0 Å². The van der Waals surface area contributed by atoms with Crippen molar-refractivity contribution in [1.82, 2.24) is 15.2 Å². The molecule has 0 fully saturated rings. The van der Waals surface area contributed by atoms with Crippen molar-refractivity contribution >= 4 is 5.91 Å². The van der Waals surface area contributed by atoms with Crippen LogP contribution in [0.2, 0.25) is 0 Å². The minimum absolute atomic E-state index is 0.0762. The Bertz CT molecular complexity index is 645. The van der Waals surface area contributed by atoms with Gasteiger partial charge in [-0.25, -0.2) is 0 Å². The molecule has 2 rings (SSSR count). The number of carbonyl (C=O) groups is 1. The Labute approximate surface area is 144 Å². The van der Waals surface area contributed by atoms with Gasteiger partial charge in [0, 0.05) is 43.1 Å². The predicted octanol–water partition coefficient (Wildman–Crippen LogP) is 3.60. The van der Waals surface area contributed by atoms with Crippen molar-refractivity contribution in [1.29, 1.82) is 0 Å². The maximum absolute atomic E-state index is 12.4. The fraction of sp³-hybridized carbons (Fsp3) is 0.400. The van der Waals surface area contributed by atoms with Crippen molar-refractivity contribution in [3.8, 4) is 11.1 Å². The number of benzene rings is 1. The number of amides is 1. The maximum atomic E-state index is 12.4. The first-order chi connectivity index (χ1) is 11.5. The van der Waals surface area contributed by atoms with Gasteiger partial charge in [0.25, 0.3) is 5.91 Å². The van der Waals surface area contributed by atoms with Crippen LogP contribution in [0.4, 0.5) is 0 Å². The van der Waals surface area contributed by atoms with Crippen molar-refractivity contribution in [3.63, 3.8) is 0 Å². The monoisotopic (exact) mass is 325 g/mol. The van der Waals surface area contributed by atoms with Gasteiger partial charge in [0.2, 0.25) is 0 Å². The Balaban J connectivity index is 1.98. The molecule has 0 saturated heterocycles. The van der Waals surface area contributed by atoms with Crippen LogP contribution in [0.1, 0.15) is 38.1 Å². The second kappa shape index (κ2) is 8.60. The fourth-order valence-electron chi connectivity index (χ4n) is 2.87. The second-order valence-electron chi connectivity index (χ2n) is 6.51. The lowest BCUT2D eigenvalue weighted by molar-refractivity contribution is 0.0939. The van der Waals surface area contributed by atoms with Gasteiger partial charge in [0.1, 0.15) is 0 Å². The summed E-state index contributed by atoms with van der Waals surface area (Å²) in [6.07, 6.45) is 3.40. The third kappa shape index (κ3) is 4.90. The van der Waals surface area contributed by atoms with E-state index < -0.39 is 0 Å². The topological polar surface area (TPSA) is 45.2 Å². The van der Waals surface area contributed by atoms with E-state index in [1.807, 2.05) is 36.4 Å². The largest absolute Gasteiger partial charge is 0.351 e. The number of aromatic nitrogens is 1. The summed E-state index contributed by atoms with van der Waals surface area (Å²) in [6, 6.07) is 12.8. The molecule has 1 amide bonds. The van der Waals surface area contributed by atoms with Crippen molar-refractivity contribution in [2.24, 2.45) is 0 Å². The van der Waals surface area contributed by atoms with Crippen LogP contribution < -0.4 is 5.32 Å². The first kappa shape index (κ1) is 18.1. The molecule has 1 heterocycles. The summed E-state index contributed by atoms with van der Waals surface area (Å²) in [6.45, 7) is 10.2. The van der Waals surface area contributed by atoms with Gasteiger partial charge in [0.15, 0.2) is 0 Å². The Morgan fingerprint density at radius 3 is 2.33 bits per heavy atom. The first-order valence-electron chi connectivity index (χ1n) is 8.53. The molecule has 1 N–H and O–H groups in total. The molecular weight excluding hydrogens is 298 g/mol. The zero-order valence-corrected chi connectivity index (χ0v) is 15.0. The van der Waals surface area contributed by atoms with E-state index in [9.17, 15) is 4.79 Å². The zero-order valence-electron chi connectivity index (χ0n) is 15.0. The average Bonchev–Trinajstić information content (AvgIpc) is 2.58. The highest BCUT2D eigenvalue weighted by Crippen LogP contribution is 2.18. The van der Waals surface area contributed by atoms with Crippen LogP contribution in [0.3, 0.4) is 0 Å². The van der Waals surface area contributed by atoms with E-state index in [-0.39, 0.29) is 5.91 Å². The molecule has 128 valence electrons. The fourth-order valence-corrected chi connectivity index (χ4v) is 2.87. The van der Waals surface area contributed by atoms with E-state index in [1.54, 1.807) is 12.4 Å². The molecule has 0 radical (unpaired) electrons. The zero-order chi connectivity index (χ0) is 17.5. The lowest BCUT2D eigenvalue weighted by Crippen LogP contribution is -2.42. The molecule has 0 aliphatic rings. The maximum Gasteiger partial charge on any atom is 0.252 e. The molecule has 1 aromatic carbocycles. The van der Waals surface area contributed by atoms with Gasteiger partial charge < -0.3 is 5.32 Å². The quantitative estimate of drug-likeness (QED) is 0.846. The number of nitrogens with zero attached hydrogens (tertiary/aromatic N) is 2. The van der Waals surface area contributed by atoms with Gasteiger partial charge in [-0.05, 0) is 39.3 Å². The molecule has 0 aliphatic heterocycles. The highest BCUT2D eigenvalue weighted by Gasteiger charge is 2.14. The minimum Gasteiger partial charge on any atom is -0.351 e. The summed E-state index contributed by atoms with van der Waals surface area (Å²) in [5, 5.41) is 3.00. The molecule has 4 nitrogen and oxygen atoms in total. The van der Waals surface area contributed by atoms with Crippen LogP contribution in [0.5, 0.6) is 0 Å². The van der Waals surface area contributed by atoms with Crippen molar-refractivity contribution in [3.05, 3.63) is 54.4 Å². The van der Waals surface area contributed by atoms with Crippen LogP contribution in [0, 0.1) is 0 Å². The van der Waals surface area contributed by atoms with E-state index in [0.717, 1.165) is 17.7 Å². The number of rotatable bonds is 7. The molecular formula is C20H27N3O. The summed E-state index contributed by atoms with van der Waals surface area (Å²) in [5.74, 6) is -0.0762. The van der Waals surface area contributed by atoms with E-state index in [4.69, 9.17) is 0 Å². The highest BCUT2D eigenvalue weighted by molar-refractivity contribution is 5.95. The van der Waals surface area contributed by atoms with Crippen molar-refractivity contribution in [2.75, 3.05) is 13.1 Å². The standard InChI is InChI=1S/C20H27N3O/c1-15(2)23(16(3)4)11-10-22-20(24)19-12-18(13-21-14-19)17-8-6-5-7-9-17/h5-9,12-16H,10-11H2,1-4H3,(H,22,24). The smallest absolute Gasteiger partial charge is 0.252 e. The Hall–Kier alpha value is -2.20. The van der Waals surface area contributed by atoms with Crippen molar-refractivity contribution < 1.29 is 4.79 Å². The summed E-state index contributed by atoms with van der Waals surface area (Å²) in [7, 11) is 0. The first-order valence-corrected chi connectivity index (χ1v) is 8.53. The molecule has 0 spiro atoms. The molecule has 1 aromatic heterocycles. The Morgan fingerprint density at radius 2 is 1.71 bits per heavy atom. The van der Waals surface area contributed by atoms with Crippen LogP contribution in [0.25, 0.3) is 11.1 Å². The Morgan fingerprint density at radius 1 is 1.04 bits per heavy atom. The number of carbonyl (C=O) groups excluding carboxylic acids is 1. The molecule has 2 aromatic rings. The molecule has 0 unspecified atom stereocenters. The number of nitrogens with one attached hydrogen (secondary N) is 1. The second-order valence-corrected chi connectivity index (χ2v) is 6.51. The summed E-state index contributed by atoms with van der Waals surface area (Å²) < 4.78 is 0. The lowest BCUT2D eigenvalue weighted by Gasteiger charge is -2.30. The summed E-state index contributed by atoms with van der Waals surface area (Å²) in [5.41, 5.74) is 2.61. The molecule has 0 atom stereocenters. The predicted molar refractivity (Wildman–Crippen MR) is 99.0 cm³/mol. The number of pyridine rings is 1. The molecule has 0 aliphatic carbocycles. The van der Waals surface area contributed by atoms with Crippen LogP contribution in [-0.2, 0) is 0 Å². The third-order valence-corrected chi connectivity index (χ3v) is 4.09. The summed E-state index contributed by atoms with van der Waals surface area (Å²) >= 11 is 0. The van der Waals surface area contributed by atoms with Gasteiger partial charge in [0.05, 0.1) is 5.56 Å². The molecule has 0 bridgehead atoms. The van der Waals surface area contributed by atoms with E-state index in [0.29, 0.717) is 24.2 Å². The SMILES string of the molecule is CC(C)N(CCNC(=O)c1cncc(-c2ccccc2)c1)C(C)C. The van der Waals surface area contributed by atoms with Crippen LogP contribution in [-0.4, -0.2) is 41.0 Å². The third-order valence-electron chi connectivity index (χ3n) is 4.09. The van der Waals surface area contributed by atoms with E-state index >= 15 is 0 Å². The molecule has 4 heteroatoms. The van der Waals surface area contributed by atoms with Gasteiger partial charge in [-0.15, -0.1) is 0 Å². The number of hydrogen-bond donors (Lipinski definition) is 1. The van der Waals surface area contributed by atoms with Crippen LogP contribution in [0.15, 0.2) is 48.8 Å². The lowest BCUT2D eigenvalue weighted by atomic mass is 10.1. The molecule has 24 heavy (non-hydrogen) atoms. The normalized spacial score (nSPS) is 11.3. The molecule has 0 saturated carbocycles. The summed E-state index contributed by atoms with van der Waals surface area (Å²) in [4.78, 5) is 19.0. The van der Waals surface area contributed by atoms with E-state index in [2.05, 4.69) is 42.9 Å². The Kier molecular flexibility index (Phi) is 6.50. The van der Waals surface area contributed by atoms with Crippen LogP contribution >= 0.6 is 0 Å². The number of hydrogen-bond acceptors (Lipinski definition) is 3. The minimum atomic E-state index is -0.0762. The van der Waals surface area contributed by atoms with E-state index in [1.165, 1.54) is 0 Å². The van der Waals surface area contributed by atoms with Gasteiger partial charge in [-0.3, -0.25) is 14.7 Å². The van der Waals surface area contributed by atoms with Gasteiger partial charge >= 0.3 is 0 Å².